The number of hydrogen-bond donors (Lipinski definition) is 2. The molecule has 1 aliphatic rings. The molecule has 9 nitrogen and oxygen atoms in total. The predicted octanol–water partition coefficient (Wildman–Crippen LogP) is 0.743. The summed E-state index contributed by atoms with van der Waals surface area (Å²) in [6.45, 7) is 0.653. The van der Waals surface area contributed by atoms with Crippen LogP contribution in [0.3, 0.4) is 0 Å². The largest absolute Gasteiger partial charge is 0.326 e. The van der Waals surface area contributed by atoms with Crippen molar-refractivity contribution in [1.82, 2.24) is 30.0 Å². The number of tetrazole rings is 1. The minimum Gasteiger partial charge on any atom is -0.326 e. The Bertz CT molecular complexity index is 915. The third-order valence-electron chi connectivity index (χ3n) is 4.40. The van der Waals surface area contributed by atoms with E-state index in [0.29, 0.717) is 19.4 Å². The molecule has 0 aliphatic carbocycles. The Balaban J connectivity index is 1.41. The first-order valence-corrected chi connectivity index (χ1v) is 8.13. The zero-order chi connectivity index (χ0) is 17.2. The van der Waals surface area contributed by atoms with E-state index in [1.165, 1.54) is 6.07 Å². The highest BCUT2D eigenvalue weighted by Crippen LogP contribution is 2.20. The zero-order valence-electron chi connectivity index (χ0n) is 13.4. The van der Waals surface area contributed by atoms with Gasteiger partial charge < -0.3 is 5.32 Å². The molecular weight excluding hydrogens is 322 g/mol. The number of H-pyrrole nitrogens is 1. The third-order valence-corrected chi connectivity index (χ3v) is 4.40. The Hall–Kier alpha value is -3.23. The number of rotatable bonds is 3. The van der Waals surface area contributed by atoms with Gasteiger partial charge in [0.2, 0.25) is 5.91 Å². The van der Waals surface area contributed by atoms with Crippen LogP contribution in [0.4, 0.5) is 5.69 Å². The fourth-order valence-electron chi connectivity index (χ4n) is 3.00. The summed E-state index contributed by atoms with van der Waals surface area (Å²) in [5.74, 6) is 0.755. The highest BCUT2D eigenvalue weighted by Gasteiger charge is 2.23. The van der Waals surface area contributed by atoms with Crippen molar-refractivity contribution >= 4 is 11.6 Å². The Labute approximate surface area is 142 Å². The van der Waals surface area contributed by atoms with Gasteiger partial charge in [0.15, 0.2) is 5.82 Å². The number of anilines is 1. The fraction of sp³-hybridized carbons (Fsp3) is 0.312. The maximum atomic E-state index is 12.5. The summed E-state index contributed by atoms with van der Waals surface area (Å²) < 4.78 is 3.39. The molecule has 0 fully saturated rings. The Morgan fingerprint density at radius 3 is 2.80 bits per heavy atom. The van der Waals surface area contributed by atoms with E-state index >= 15 is 0 Å². The van der Waals surface area contributed by atoms with Gasteiger partial charge in [-0.15, -0.1) is 5.10 Å². The number of amides is 1. The number of nitrogens with zero attached hydrogens (tertiary/aromatic N) is 5. The molecular formula is C16H17N7O2. The molecule has 1 unspecified atom stereocenters. The van der Waals surface area contributed by atoms with Gasteiger partial charge in [0.1, 0.15) is 0 Å². The highest BCUT2D eigenvalue weighted by molar-refractivity contribution is 5.92. The minimum absolute atomic E-state index is 0.000772. The quantitative estimate of drug-likeness (QED) is 0.731. The van der Waals surface area contributed by atoms with Crippen molar-refractivity contribution in [3.8, 4) is 5.69 Å². The summed E-state index contributed by atoms with van der Waals surface area (Å²) >= 11 is 0. The Morgan fingerprint density at radius 2 is 2.04 bits per heavy atom. The van der Waals surface area contributed by atoms with E-state index in [0.717, 1.165) is 23.6 Å². The van der Waals surface area contributed by atoms with Gasteiger partial charge in [0, 0.05) is 36.8 Å². The molecule has 1 atom stereocenters. The number of benzene rings is 1. The molecule has 0 saturated carbocycles. The van der Waals surface area contributed by atoms with Crippen LogP contribution in [0.1, 0.15) is 18.7 Å². The molecule has 2 aromatic heterocycles. The summed E-state index contributed by atoms with van der Waals surface area (Å²) in [4.78, 5) is 23.7. The number of aromatic nitrogens is 6. The van der Waals surface area contributed by atoms with Crippen molar-refractivity contribution in [3.63, 3.8) is 0 Å². The average Bonchev–Trinajstić information content (AvgIpc) is 3.20. The van der Waals surface area contributed by atoms with Crippen LogP contribution in [0.15, 0.2) is 41.3 Å². The van der Waals surface area contributed by atoms with Crippen LogP contribution in [-0.2, 0) is 17.8 Å². The monoisotopic (exact) mass is 339 g/mol. The van der Waals surface area contributed by atoms with Gasteiger partial charge in [-0.25, -0.2) is 4.68 Å². The smallest absolute Gasteiger partial charge is 0.264 e. The topological polar surface area (TPSA) is 110 Å². The second-order valence-corrected chi connectivity index (χ2v) is 6.04. The molecule has 0 spiro atoms. The fourth-order valence-corrected chi connectivity index (χ4v) is 3.00. The summed E-state index contributed by atoms with van der Waals surface area (Å²) in [6.07, 6.45) is 3.81. The summed E-state index contributed by atoms with van der Waals surface area (Å²) in [5.41, 5.74) is 1.39. The van der Waals surface area contributed by atoms with Crippen molar-refractivity contribution in [2.24, 2.45) is 5.92 Å². The molecule has 0 radical (unpaired) electrons. The molecule has 2 N–H and O–H groups in total. The molecule has 3 aromatic rings. The molecule has 1 aromatic carbocycles. The first-order valence-electron chi connectivity index (χ1n) is 8.13. The van der Waals surface area contributed by atoms with Crippen molar-refractivity contribution in [3.05, 3.63) is 52.7 Å². The summed E-state index contributed by atoms with van der Waals surface area (Å²) in [7, 11) is 0. The standard InChI is InChI=1S/C16H17N7O2/c24-15-8-10-22(19-15)13-4-2-12(3-5-13)17-16(25)11-1-6-14-18-20-21-23(14)9-7-11/h2-5,8,10-11H,1,6-7,9H2,(H,17,25)(H,19,24). The maximum absolute atomic E-state index is 12.5. The highest BCUT2D eigenvalue weighted by atomic mass is 16.2. The lowest BCUT2D eigenvalue weighted by Crippen LogP contribution is -2.23. The lowest BCUT2D eigenvalue weighted by Gasteiger charge is -2.14. The van der Waals surface area contributed by atoms with E-state index in [-0.39, 0.29) is 17.4 Å². The second kappa shape index (κ2) is 6.34. The van der Waals surface area contributed by atoms with E-state index in [1.807, 2.05) is 24.3 Å². The Kier molecular flexibility index (Phi) is 3.88. The van der Waals surface area contributed by atoms with Gasteiger partial charge in [0.05, 0.1) is 5.69 Å². The van der Waals surface area contributed by atoms with Crippen LogP contribution in [0.5, 0.6) is 0 Å². The third kappa shape index (κ3) is 3.21. The SMILES string of the molecule is O=C(Nc1ccc(-n2ccc(=O)[nH]2)cc1)C1CCc2nnnn2CC1. The number of fused-ring (bicyclic) bond motifs is 1. The predicted molar refractivity (Wildman–Crippen MR) is 89.3 cm³/mol. The Morgan fingerprint density at radius 1 is 1.20 bits per heavy atom. The van der Waals surface area contributed by atoms with E-state index < -0.39 is 0 Å². The van der Waals surface area contributed by atoms with Crippen LogP contribution in [-0.4, -0.2) is 35.9 Å². The molecule has 9 heteroatoms. The van der Waals surface area contributed by atoms with Gasteiger partial charge >= 0.3 is 0 Å². The normalized spacial score (nSPS) is 16.9. The molecule has 4 rings (SSSR count). The molecule has 3 heterocycles. The van der Waals surface area contributed by atoms with Crippen molar-refractivity contribution in [2.45, 2.75) is 25.8 Å². The lowest BCUT2D eigenvalue weighted by molar-refractivity contribution is -0.120. The average molecular weight is 339 g/mol. The van der Waals surface area contributed by atoms with E-state index in [2.05, 4.69) is 25.9 Å². The van der Waals surface area contributed by atoms with Gasteiger partial charge in [-0.1, -0.05) is 0 Å². The van der Waals surface area contributed by atoms with Gasteiger partial charge in [0.25, 0.3) is 5.56 Å². The molecule has 1 amide bonds. The summed E-state index contributed by atoms with van der Waals surface area (Å²) in [5, 5.41) is 17.2. The minimum atomic E-state index is -0.157. The van der Waals surface area contributed by atoms with Crippen molar-refractivity contribution in [2.75, 3.05) is 5.32 Å². The van der Waals surface area contributed by atoms with Gasteiger partial charge in [-0.3, -0.25) is 19.4 Å². The van der Waals surface area contributed by atoms with Crippen LogP contribution >= 0.6 is 0 Å². The number of hydrogen-bond acceptors (Lipinski definition) is 5. The van der Waals surface area contributed by atoms with Crippen LogP contribution in [0.25, 0.3) is 5.69 Å². The first-order chi connectivity index (χ1) is 12.2. The number of nitrogens with one attached hydrogen (secondary N) is 2. The van der Waals surface area contributed by atoms with E-state index in [9.17, 15) is 9.59 Å². The number of aryl methyl sites for hydroxylation is 2. The molecule has 128 valence electrons. The zero-order valence-corrected chi connectivity index (χ0v) is 13.4. The van der Waals surface area contributed by atoms with Crippen molar-refractivity contribution in [1.29, 1.82) is 0 Å². The van der Waals surface area contributed by atoms with Gasteiger partial charge in [-0.2, -0.15) is 0 Å². The summed E-state index contributed by atoms with van der Waals surface area (Å²) in [6, 6.07) is 8.77. The number of carbonyl (C=O) groups is 1. The molecule has 1 aliphatic heterocycles. The molecule has 0 bridgehead atoms. The van der Waals surface area contributed by atoms with E-state index in [4.69, 9.17) is 0 Å². The van der Waals surface area contributed by atoms with Crippen LogP contribution in [0, 0.1) is 5.92 Å². The van der Waals surface area contributed by atoms with Crippen LogP contribution in [0.2, 0.25) is 0 Å². The maximum Gasteiger partial charge on any atom is 0.264 e. The molecule has 0 saturated heterocycles. The van der Waals surface area contributed by atoms with E-state index in [1.54, 1.807) is 15.6 Å². The molecule has 25 heavy (non-hydrogen) atoms. The van der Waals surface area contributed by atoms with Crippen molar-refractivity contribution < 1.29 is 4.79 Å². The number of aromatic amines is 1. The number of carbonyl (C=O) groups excluding carboxylic acids is 1. The first kappa shape index (κ1) is 15.3. The van der Waals surface area contributed by atoms with Gasteiger partial charge in [-0.05, 0) is 47.5 Å². The second-order valence-electron chi connectivity index (χ2n) is 6.04. The lowest BCUT2D eigenvalue weighted by atomic mass is 9.99. The van der Waals surface area contributed by atoms with Crippen LogP contribution < -0.4 is 10.9 Å².